The quantitative estimate of drug-likeness (QED) is 0.685. The summed E-state index contributed by atoms with van der Waals surface area (Å²) in [7, 11) is 0. The molecule has 2 nitrogen and oxygen atoms in total. The predicted octanol–water partition coefficient (Wildman–Crippen LogP) is 4.31. The number of fused-ring (bicyclic) bond motifs is 3. The highest BCUT2D eigenvalue weighted by Gasteiger charge is 2.21. The first kappa shape index (κ1) is 12.6. The minimum absolute atomic E-state index is 0.121. The number of nitrogens with two attached hydrogens (primary N) is 1. The Morgan fingerprint density at radius 3 is 2.62 bits per heavy atom. The van der Waals surface area contributed by atoms with E-state index in [4.69, 9.17) is 5.73 Å². The number of halogens is 1. The third-order valence-electron chi connectivity index (χ3n) is 4.43. The zero-order valence-corrected chi connectivity index (χ0v) is 11.7. The van der Waals surface area contributed by atoms with Crippen molar-refractivity contribution in [1.29, 1.82) is 0 Å². The van der Waals surface area contributed by atoms with Crippen molar-refractivity contribution in [2.24, 2.45) is 5.73 Å². The van der Waals surface area contributed by atoms with Crippen LogP contribution >= 0.6 is 0 Å². The Morgan fingerprint density at radius 1 is 1.05 bits per heavy atom. The molecule has 1 heterocycles. The second-order valence-corrected chi connectivity index (χ2v) is 5.78. The molecule has 3 aromatic rings. The molecule has 0 aliphatic heterocycles. The summed E-state index contributed by atoms with van der Waals surface area (Å²) in [6.07, 6.45) is 3.27. The van der Waals surface area contributed by atoms with Gasteiger partial charge < -0.3 is 10.7 Å². The number of rotatable bonds is 1. The first-order valence-electron chi connectivity index (χ1n) is 7.38. The van der Waals surface area contributed by atoms with Crippen molar-refractivity contribution in [1.82, 2.24) is 4.98 Å². The standard InChI is InChI=1S/C18H17FN2/c19-13-7-4-11(5-8-13)12-6-9-17-15(10-12)14-2-1-3-16(20)18(14)21-17/h4-10,16,21H,1-3,20H2. The van der Waals surface area contributed by atoms with E-state index >= 15 is 0 Å². The van der Waals surface area contributed by atoms with E-state index in [1.165, 1.54) is 28.8 Å². The second-order valence-electron chi connectivity index (χ2n) is 5.78. The lowest BCUT2D eigenvalue weighted by Crippen LogP contribution is -2.16. The summed E-state index contributed by atoms with van der Waals surface area (Å²) in [5.74, 6) is -0.204. The number of aromatic nitrogens is 1. The van der Waals surface area contributed by atoms with E-state index < -0.39 is 0 Å². The first-order chi connectivity index (χ1) is 10.2. The van der Waals surface area contributed by atoms with E-state index in [9.17, 15) is 4.39 Å². The Kier molecular flexibility index (Phi) is 2.82. The smallest absolute Gasteiger partial charge is 0.123 e. The van der Waals surface area contributed by atoms with E-state index in [1.54, 1.807) is 0 Å². The van der Waals surface area contributed by atoms with Gasteiger partial charge in [-0.2, -0.15) is 0 Å². The Bertz CT molecular complexity index is 802. The van der Waals surface area contributed by atoms with E-state index in [2.05, 4.69) is 23.2 Å². The van der Waals surface area contributed by atoms with Crippen LogP contribution in [0.15, 0.2) is 42.5 Å². The van der Waals surface area contributed by atoms with Gasteiger partial charge in [0.25, 0.3) is 0 Å². The molecular formula is C18H17FN2. The molecule has 1 unspecified atom stereocenters. The maximum atomic E-state index is 13.1. The predicted molar refractivity (Wildman–Crippen MR) is 83.6 cm³/mol. The number of benzene rings is 2. The van der Waals surface area contributed by atoms with Gasteiger partial charge in [0.1, 0.15) is 5.82 Å². The molecule has 0 saturated heterocycles. The molecule has 4 rings (SSSR count). The molecule has 1 aromatic heterocycles. The number of hydrogen-bond donors (Lipinski definition) is 2. The number of aryl methyl sites for hydroxylation is 1. The lowest BCUT2D eigenvalue weighted by atomic mass is 9.91. The van der Waals surface area contributed by atoms with Gasteiger partial charge >= 0.3 is 0 Å². The Morgan fingerprint density at radius 2 is 1.81 bits per heavy atom. The summed E-state index contributed by atoms with van der Waals surface area (Å²) in [5.41, 5.74) is 12.0. The Hall–Kier alpha value is -2.13. The van der Waals surface area contributed by atoms with Crippen molar-refractivity contribution < 1.29 is 4.39 Å². The molecule has 0 fully saturated rings. The third kappa shape index (κ3) is 2.05. The van der Waals surface area contributed by atoms with E-state index in [-0.39, 0.29) is 11.9 Å². The summed E-state index contributed by atoms with van der Waals surface area (Å²) in [5, 5.41) is 1.25. The molecule has 0 radical (unpaired) electrons. The molecule has 21 heavy (non-hydrogen) atoms. The Balaban J connectivity index is 1.88. The molecule has 0 spiro atoms. The summed E-state index contributed by atoms with van der Waals surface area (Å²) < 4.78 is 13.1. The minimum atomic E-state index is -0.204. The molecule has 1 atom stereocenters. The number of nitrogens with one attached hydrogen (secondary N) is 1. The zero-order chi connectivity index (χ0) is 14.4. The number of aromatic amines is 1. The second kappa shape index (κ2) is 4.71. The molecule has 1 aliphatic rings. The van der Waals surface area contributed by atoms with Crippen LogP contribution in [-0.2, 0) is 6.42 Å². The van der Waals surface area contributed by atoms with Crippen LogP contribution in [0, 0.1) is 5.82 Å². The lowest BCUT2D eigenvalue weighted by Gasteiger charge is -2.18. The van der Waals surface area contributed by atoms with Gasteiger partial charge in [-0.1, -0.05) is 18.2 Å². The van der Waals surface area contributed by atoms with E-state index in [1.807, 2.05) is 12.1 Å². The minimum Gasteiger partial charge on any atom is -0.357 e. The van der Waals surface area contributed by atoms with E-state index in [0.29, 0.717) is 0 Å². The van der Waals surface area contributed by atoms with Crippen molar-refractivity contribution in [3.63, 3.8) is 0 Å². The van der Waals surface area contributed by atoms with Gasteiger partial charge in [0, 0.05) is 22.6 Å². The molecule has 3 heteroatoms. The fourth-order valence-corrected chi connectivity index (χ4v) is 3.32. The van der Waals surface area contributed by atoms with Gasteiger partial charge in [-0.05, 0) is 60.2 Å². The van der Waals surface area contributed by atoms with Crippen molar-refractivity contribution in [2.45, 2.75) is 25.3 Å². The van der Waals surface area contributed by atoms with Crippen molar-refractivity contribution in [3.05, 3.63) is 59.5 Å². The first-order valence-corrected chi connectivity index (χ1v) is 7.38. The maximum absolute atomic E-state index is 13.1. The van der Waals surface area contributed by atoms with Crippen molar-refractivity contribution in [3.8, 4) is 11.1 Å². The highest BCUT2D eigenvalue weighted by molar-refractivity contribution is 5.89. The van der Waals surface area contributed by atoms with Gasteiger partial charge in [0.2, 0.25) is 0 Å². The van der Waals surface area contributed by atoms with Crippen LogP contribution in [0.2, 0.25) is 0 Å². The fraction of sp³-hybridized carbons (Fsp3) is 0.222. The van der Waals surface area contributed by atoms with Crippen molar-refractivity contribution >= 4 is 10.9 Å². The molecule has 2 aromatic carbocycles. The van der Waals surface area contributed by atoms with Gasteiger partial charge in [-0.15, -0.1) is 0 Å². The average molecular weight is 280 g/mol. The molecular weight excluding hydrogens is 263 g/mol. The third-order valence-corrected chi connectivity index (χ3v) is 4.43. The maximum Gasteiger partial charge on any atom is 0.123 e. The normalized spacial score (nSPS) is 17.9. The van der Waals surface area contributed by atoms with Crippen LogP contribution in [0.5, 0.6) is 0 Å². The number of hydrogen-bond acceptors (Lipinski definition) is 1. The monoisotopic (exact) mass is 280 g/mol. The average Bonchev–Trinajstić information content (AvgIpc) is 2.87. The molecule has 0 amide bonds. The number of H-pyrrole nitrogens is 1. The van der Waals surface area contributed by atoms with Crippen LogP contribution in [0.4, 0.5) is 4.39 Å². The lowest BCUT2D eigenvalue weighted by molar-refractivity contribution is 0.562. The van der Waals surface area contributed by atoms with Crippen LogP contribution in [0.3, 0.4) is 0 Å². The molecule has 106 valence electrons. The topological polar surface area (TPSA) is 41.8 Å². The highest BCUT2D eigenvalue weighted by Crippen LogP contribution is 2.35. The summed E-state index contributed by atoms with van der Waals surface area (Å²) in [6, 6.07) is 13.1. The fourth-order valence-electron chi connectivity index (χ4n) is 3.32. The van der Waals surface area contributed by atoms with Gasteiger partial charge in [0.05, 0.1) is 0 Å². The van der Waals surface area contributed by atoms with Crippen LogP contribution in [-0.4, -0.2) is 4.98 Å². The molecule has 3 N–H and O–H groups in total. The SMILES string of the molecule is NC1CCCc2c1[nH]c1ccc(-c3ccc(F)cc3)cc21. The Labute approximate surface area is 122 Å². The van der Waals surface area contributed by atoms with Gasteiger partial charge in [-0.3, -0.25) is 0 Å². The van der Waals surface area contributed by atoms with Crippen molar-refractivity contribution in [2.75, 3.05) is 0 Å². The summed E-state index contributed by atoms with van der Waals surface area (Å²) >= 11 is 0. The summed E-state index contributed by atoms with van der Waals surface area (Å²) in [4.78, 5) is 3.47. The van der Waals surface area contributed by atoms with Crippen LogP contribution < -0.4 is 5.73 Å². The molecule has 1 aliphatic carbocycles. The summed E-state index contributed by atoms with van der Waals surface area (Å²) in [6.45, 7) is 0. The van der Waals surface area contributed by atoms with Gasteiger partial charge in [0.15, 0.2) is 0 Å². The zero-order valence-electron chi connectivity index (χ0n) is 11.7. The molecule has 0 bridgehead atoms. The highest BCUT2D eigenvalue weighted by atomic mass is 19.1. The largest absolute Gasteiger partial charge is 0.357 e. The molecule has 0 saturated carbocycles. The van der Waals surface area contributed by atoms with E-state index in [0.717, 1.165) is 35.9 Å². The van der Waals surface area contributed by atoms with Crippen LogP contribution in [0.25, 0.3) is 22.0 Å². The van der Waals surface area contributed by atoms with Gasteiger partial charge in [-0.25, -0.2) is 4.39 Å². The van der Waals surface area contributed by atoms with Crippen LogP contribution in [0.1, 0.15) is 30.1 Å².